The molecule has 0 bridgehead atoms. The summed E-state index contributed by atoms with van der Waals surface area (Å²) in [6.45, 7) is 8.87. The van der Waals surface area contributed by atoms with E-state index in [2.05, 4.69) is 0 Å². The van der Waals surface area contributed by atoms with Gasteiger partial charge in [-0.2, -0.15) is 0 Å². The fourth-order valence-electron chi connectivity index (χ4n) is 3.81. The Morgan fingerprint density at radius 1 is 0.870 bits per heavy atom. The molecule has 23 heavy (non-hydrogen) atoms. The van der Waals surface area contributed by atoms with Gasteiger partial charge in [0.15, 0.2) is 0 Å². The second-order valence-electron chi connectivity index (χ2n) is 8.32. The molecule has 2 aliphatic rings. The van der Waals surface area contributed by atoms with E-state index in [1.165, 1.54) is 32.1 Å². The van der Waals surface area contributed by atoms with Gasteiger partial charge in [0.25, 0.3) is 0 Å². The van der Waals surface area contributed by atoms with E-state index in [9.17, 15) is 9.59 Å². The van der Waals surface area contributed by atoms with Gasteiger partial charge in [-0.3, -0.25) is 9.59 Å². The molecule has 2 rings (SSSR count). The van der Waals surface area contributed by atoms with Gasteiger partial charge in [0.1, 0.15) is 0 Å². The van der Waals surface area contributed by atoms with Gasteiger partial charge in [0, 0.05) is 38.0 Å². The highest BCUT2D eigenvalue weighted by Gasteiger charge is 2.29. The maximum Gasteiger partial charge on any atom is 0.228 e. The van der Waals surface area contributed by atoms with Gasteiger partial charge in [0.2, 0.25) is 11.8 Å². The second kappa shape index (κ2) is 8.16. The standard InChI is InChI=1S/C19H34N2O2/c1-19(2,3)18(23)21-13-7-12-20(14-15-21)17(22)11-10-16-8-5-4-6-9-16/h16H,4-15H2,1-3H3. The molecule has 0 spiro atoms. The summed E-state index contributed by atoms with van der Waals surface area (Å²) in [6.07, 6.45) is 9.31. The van der Waals surface area contributed by atoms with E-state index >= 15 is 0 Å². The highest BCUT2D eigenvalue weighted by Crippen LogP contribution is 2.27. The lowest BCUT2D eigenvalue weighted by Crippen LogP contribution is -2.42. The van der Waals surface area contributed by atoms with Gasteiger partial charge in [-0.25, -0.2) is 0 Å². The molecular formula is C19H34N2O2. The first-order chi connectivity index (χ1) is 10.9. The van der Waals surface area contributed by atoms with Crippen LogP contribution in [-0.4, -0.2) is 47.8 Å². The number of hydrogen-bond acceptors (Lipinski definition) is 2. The van der Waals surface area contributed by atoms with Gasteiger partial charge in [-0.1, -0.05) is 52.9 Å². The lowest BCUT2D eigenvalue weighted by Gasteiger charge is -2.28. The van der Waals surface area contributed by atoms with Gasteiger partial charge in [-0.15, -0.1) is 0 Å². The average molecular weight is 322 g/mol. The van der Waals surface area contributed by atoms with Crippen LogP contribution in [0, 0.1) is 11.3 Å². The highest BCUT2D eigenvalue weighted by atomic mass is 16.2. The highest BCUT2D eigenvalue weighted by molar-refractivity contribution is 5.81. The summed E-state index contributed by atoms with van der Waals surface area (Å²) in [5.74, 6) is 1.26. The molecule has 0 aromatic heterocycles. The Labute approximate surface area is 141 Å². The summed E-state index contributed by atoms with van der Waals surface area (Å²) in [4.78, 5) is 28.8. The van der Waals surface area contributed by atoms with Gasteiger partial charge in [0.05, 0.1) is 0 Å². The minimum atomic E-state index is -0.333. The quantitative estimate of drug-likeness (QED) is 0.798. The molecule has 0 unspecified atom stereocenters. The molecule has 2 fully saturated rings. The van der Waals surface area contributed by atoms with Crippen molar-refractivity contribution in [2.24, 2.45) is 11.3 Å². The van der Waals surface area contributed by atoms with E-state index in [1.54, 1.807) is 0 Å². The molecule has 1 aliphatic carbocycles. The fourth-order valence-corrected chi connectivity index (χ4v) is 3.81. The first kappa shape index (κ1) is 18.3. The third-order valence-electron chi connectivity index (χ3n) is 5.27. The summed E-state index contributed by atoms with van der Waals surface area (Å²) >= 11 is 0. The maximum absolute atomic E-state index is 12.5. The Morgan fingerprint density at radius 3 is 2.13 bits per heavy atom. The van der Waals surface area contributed by atoms with Crippen LogP contribution in [0.3, 0.4) is 0 Å². The monoisotopic (exact) mass is 322 g/mol. The van der Waals surface area contributed by atoms with Crippen LogP contribution in [0.15, 0.2) is 0 Å². The molecule has 4 heteroatoms. The Kier molecular flexibility index (Phi) is 6.49. The van der Waals surface area contributed by atoms with E-state index in [0.29, 0.717) is 25.4 Å². The maximum atomic E-state index is 12.5. The molecule has 4 nitrogen and oxygen atoms in total. The summed E-state index contributed by atoms with van der Waals surface area (Å²) in [5, 5.41) is 0. The topological polar surface area (TPSA) is 40.6 Å². The van der Waals surface area contributed by atoms with Crippen molar-refractivity contribution in [2.75, 3.05) is 26.2 Å². The van der Waals surface area contributed by atoms with E-state index in [1.807, 2.05) is 30.6 Å². The first-order valence-electron chi connectivity index (χ1n) is 9.45. The molecule has 1 aliphatic heterocycles. The molecular weight excluding hydrogens is 288 g/mol. The summed E-state index contributed by atoms with van der Waals surface area (Å²) in [7, 11) is 0. The van der Waals surface area contributed by atoms with E-state index in [-0.39, 0.29) is 11.3 Å². The largest absolute Gasteiger partial charge is 0.341 e. The number of nitrogens with zero attached hydrogens (tertiary/aromatic N) is 2. The number of carbonyl (C=O) groups is 2. The Hall–Kier alpha value is -1.06. The van der Waals surface area contributed by atoms with Crippen molar-refractivity contribution in [2.45, 2.75) is 72.1 Å². The molecule has 1 saturated heterocycles. The van der Waals surface area contributed by atoms with Crippen LogP contribution in [0.25, 0.3) is 0 Å². The Morgan fingerprint density at radius 2 is 1.48 bits per heavy atom. The van der Waals surface area contributed by atoms with Crippen LogP contribution >= 0.6 is 0 Å². The Balaban J connectivity index is 1.78. The van der Waals surface area contributed by atoms with Gasteiger partial charge >= 0.3 is 0 Å². The van der Waals surface area contributed by atoms with Crippen molar-refractivity contribution in [3.63, 3.8) is 0 Å². The normalized spacial score (nSPS) is 21.2. The summed E-state index contributed by atoms with van der Waals surface area (Å²) < 4.78 is 0. The lowest BCUT2D eigenvalue weighted by molar-refractivity contribution is -0.140. The second-order valence-corrected chi connectivity index (χ2v) is 8.32. The van der Waals surface area contributed by atoms with E-state index < -0.39 is 0 Å². The molecule has 1 heterocycles. The third-order valence-corrected chi connectivity index (χ3v) is 5.27. The zero-order valence-corrected chi connectivity index (χ0v) is 15.3. The third kappa shape index (κ3) is 5.50. The van der Waals surface area contributed by atoms with E-state index in [0.717, 1.165) is 31.8 Å². The molecule has 0 radical (unpaired) electrons. The summed E-state index contributed by atoms with van der Waals surface area (Å²) in [6, 6.07) is 0. The molecule has 0 aromatic rings. The predicted molar refractivity (Wildman–Crippen MR) is 93.0 cm³/mol. The van der Waals surface area contributed by atoms with Crippen molar-refractivity contribution in [1.82, 2.24) is 9.80 Å². The zero-order valence-electron chi connectivity index (χ0n) is 15.3. The SMILES string of the molecule is CC(C)(C)C(=O)N1CCCN(C(=O)CCC2CCCCC2)CC1. The number of amides is 2. The van der Waals surface area contributed by atoms with Crippen molar-refractivity contribution in [1.29, 1.82) is 0 Å². The smallest absolute Gasteiger partial charge is 0.228 e. The number of rotatable bonds is 3. The van der Waals surface area contributed by atoms with Crippen LogP contribution in [-0.2, 0) is 9.59 Å². The average Bonchev–Trinajstić information content (AvgIpc) is 2.78. The van der Waals surface area contributed by atoms with Crippen LogP contribution in [0.1, 0.15) is 72.1 Å². The summed E-state index contributed by atoms with van der Waals surface area (Å²) in [5.41, 5.74) is -0.333. The Bertz CT molecular complexity index is 408. The molecule has 2 amide bonds. The van der Waals surface area contributed by atoms with Gasteiger partial charge in [-0.05, 0) is 18.8 Å². The van der Waals surface area contributed by atoms with Crippen molar-refractivity contribution < 1.29 is 9.59 Å². The molecule has 1 saturated carbocycles. The zero-order chi connectivity index (χ0) is 16.9. The predicted octanol–water partition coefficient (Wildman–Crippen LogP) is 3.45. The van der Waals surface area contributed by atoms with Crippen LogP contribution < -0.4 is 0 Å². The number of hydrogen-bond donors (Lipinski definition) is 0. The minimum Gasteiger partial charge on any atom is -0.341 e. The molecule has 0 N–H and O–H groups in total. The van der Waals surface area contributed by atoms with Gasteiger partial charge < -0.3 is 9.80 Å². The van der Waals surface area contributed by atoms with Crippen molar-refractivity contribution in [3.05, 3.63) is 0 Å². The molecule has 132 valence electrons. The van der Waals surface area contributed by atoms with Crippen LogP contribution in [0.5, 0.6) is 0 Å². The number of carbonyl (C=O) groups excluding carboxylic acids is 2. The molecule has 0 atom stereocenters. The first-order valence-corrected chi connectivity index (χ1v) is 9.45. The van der Waals surface area contributed by atoms with E-state index in [4.69, 9.17) is 0 Å². The molecule has 0 aromatic carbocycles. The van der Waals surface area contributed by atoms with Crippen molar-refractivity contribution >= 4 is 11.8 Å². The lowest BCUT2D eigenvalue weighted by atomic mass is 9.86. The van der Waals surface area contributed by atoms with Crippen LogP contribution in [0.2, 0.25) is 0 Å². The minimum absolute atomic E-state index is 0.203. The van der Waals surface area contributed by atoms with Crippen molar-refractivity contribution in [3.8, 4) is 0 Å². The van der Waals surface area contributed by atoms with Crippen LogP contribution in [0.4, 0.5) is 0 Å². The fraction of sp³-hybridized carbons (Fsp3) is 0.895.